The molecule has 2 heterocycles. The van der Waals surface area contributed by atoms with Crippen LogP contribution in [-0.4, -0.2) is 63.4 Å². The topological polar surface area (TPSA) is 116 Å². The Morgan fingerprint density at radius 2 is 1.69 bits per heavy atom. The van der Waals surface area contributed by atoms with Crippen LogP contribution in [-0.2, 0) is 9.59 Å². The Morgan fingerprint density at radius 1 is 1.07 bits per heavy atom. The fourth-order valence-corrected chi connectivity index (χ4v) is 3.06. The number of nitrogens with zero attached hydrogens (tertiary/aromatic N) is 3. The van der Waals surface area contributed by atoms with Crippen LogP contribution in [0.1, 0.15) is 24.8 Å². The molecule has 1 aliphatic rings. The number of rotatable bonds is 5. The number of hydrogen-bond donors (Lipinski definition) is 3. The number of anilines is 1. The highest BCUT2D eigenvalue weighted by molar-refractivity contribution is 6.30. The summed E-state index contributed by atoms with van der Waals surface area (Å²) in [4.78, 5) is 20.7. The maximum atomic E-state index is 9.10. The Bertz CT molecular complexity index is 812. The molecule has 2 aromatic rings. The van der Waals surface area contributed by atoms with Gasteiger partial charge in [0.15, 0.2) is 5.82 Å². The van der Waals surface area contributed by atoms with Crippen molar-refractivity contribution in [3.8, 4) is 11.3 Å². The molecule has 0 amide bonds. The number of likely N-dealkylation sites (tertiary alicyclic amines) is 1. The van der Waals surface area contributed by atoms with Gasteiger partial charge in [-0.25, -0.2) is 9.59 Å². The highest BCUT2D eigenvalue weighted by Crippen LogP contribution is 2.22. The summed E-state index contributed by atoms with van der Waals surface area (Å²) in [6.45, 7) is 6.50. The number of aromatic nitrogens is 2. The third-order valence-electron chi connectivity index (χ3n) is 4.48. The maximum Gasteiger partial charge on any atom is 0.414 e. The molecule has 0 saturated carbocycles. The summed E-state index contributed by atoms with van der Waals surface area (Å²) in [6.07, 6.45) is 4.03. The van der Waals surface area contributed by atoms with Crippen LogP contribution in [0.15, 0.2) is 30.3 Å². The minimum absolute atomic E-state index is 0.731. The summed E-state index contributed by atoms with van der Waals surface area (Å²) in [7, 11) is 0. The van der Waals surface area contributed by atoms with E-state index in [2.05, 4.69) is 33.4 Å². The van der Waals surface area contributed by atoms with Crippen molar-refractivity contribution in [3.05, 3.63) is 40.9 Å². The molecule has 156 valence electrons. The molecule has 1 saturated heterocycles. The number of nitrogens with one attached hydrogen (secondary N) is 1. The average Bonchev–Trinajstić information content (AvgIpc) is 2.71. The van der Waals surface area contributed by atoms with Crippen LogP contribution < -0.4 is 5.32 Å². The molecule has 29 heavy (non-hydrogen) atoms. The molecule has 0 atom stereocenters. The minimum Gasteiger partial charge on any atom is -0.473 e. The molecule has 8 nitrogen and oxygen atoms in total. The van der Waals surface area contributed by atoms with Gasteiger partial charge >= 0.3 is 11.9 Å². The number of carboxylic acids is 2. The molecule has 3 rings (SSSR count). The summed E-state index contributed by atoms with van der Waals surface area (Å²) in [5.41, 5.74) is 3.02. The smallest absolute Gasteiger partial charge is 0.414 e. The van der Waals surface area contributed by atoms with Crippen LogP contribution >= 0.6 is 11.6 Å². The molecule has 0 spiro atoms. The first-order valence-electron chi connectivity index (χ1n) is 9.39. The highest BCUT2D eigenvalue weighted by Gasteiger charge is 2.10. The van der Waals surface area contributed by atoms with Gasteiger partial charge < -0.3 is 20.4 Å². The standard InChI is InChI=1S/C18H23ClN4.C2H2O4/c1-14-13-17(15-5-7-16(19)8-6-15)21-22-18(14)20-9-12-23-10-3-2-4-11-23;3-1(4)2(5)6/h5-8,13H,2-4,9-12H2,1H3,(H,20,22);(H,3,4)(H,5,6). The van der Waals surface area contributed by atoms with Gasteiger partial charge in [-0.05, 0) is 56.6 Å². The average molecular weight is 421 g/mol. The molecule has 3 N–H and O–H groups in total. The fraction of sp³-hybridized carbons (Fsp3) is 0.400. The first-order valence-corrected chi connectivity index (χ1v) is 9.77. The Kier molecular flexibility index (Phi) is 8.82. The summed E-state index contributed by atoms with van der Waals surface area (Å²) in [5.74, 6) is -2.77. The van der Waals surface area contributed by atoms with Gasteiger partial charge in [0.1, 0.15) is 0 Å². The lowest BCUT2D eigenvalue weighted by atomic mass is 10.1. The SMILES string of the molecule is Cc1cc(-c2ccc(Cl)cc2)nnc1NCCN1CCCCC1.O=C(O)C(=O)O. The molecule has 0 radical (unpaired) electrons. The van der Waals surface area contributed by atoms with Gasteiger partial charge in [-0.2, -0.15) is 0 Å². The minimum atomic E-state index is -1.82. The molecule has 1 aliphatic heterocycles. The number of carboxylic acid groups (broad SMARTS) is 2. The van der Waals surface area contributed by atoms with Crippen LogP contribution in [0.25, 0.3) is 11.3 Å². The summed E-state index contributed by atoms with van der Waals surface area (Å²) >= 11 is 5.93. The summed E-state index contributed by atoms with van der Waals surface area (Å²) in [5, 5.41) is 27.6. The van der Waals surface area contributed by atoms with Crippen LogP contribution in [0.2, 0.25) is 5.02 Å². The van der Waals surface area contributed by atoms with Gasteiger partial charge in [0.25, 0.3) is 0 Å². The lowest BCUT2D eigenvalue weighted by Crippen LogP contribution is -2.33. The van der Waals surface area contributed by atoms with Crippen molar-refractivity contribution in [1.29, 1.82) is 0 Å². The van der Waals surface area contributed by atoms with Gasteiger partial charge in [-0.1, -0.05) is 30.2 Å². The molecule has 9 heteroatoms. The predicted molar refractivity (Wildman–Crippen MR) is 111 cm³/mol. The van der Waals surface area contributed by atoms with Crippen LogP contribution in [0.4, 0.5) is 5.82 Å². The molecule has 0 aliphatic carbocycles. The predicted octanol–water partition coefficient (Wildman–Crippen LogP) is 3.16. The molecule has 0 unspecified atom stereocenters. The van der Waals surface area contributed by atoms with Gasteiger partial charge in [-0.3, -0.25) is 0 Å². The Hall–Kier alpha value is -2.71. The Balaban J connectivity index is 0.000000438. The highest BCUT2D eigenvalue weighted by atomic mass is 35.5. The van der Waals surface area contributed by atoms with E-state index in [0.29, 0.717) is 0 Å². The van der Waals surface area contributed by atoms with Gasteiger partial charge in [0.05, 0.1) is 5.69 Å². The third kappa shape index (κ3) is 7.67. The maximum absolute atomic E-state index is 9.10. The molecule has 1 fully saturated rings. The van der Waals surface area contributed by atoms with Crippen LogP contribution in [0, 0.1) is 6.92 Å². The van der Waals surface area contributed by atoms with E-state index in [1.165, 1.54) is 32.4 Å². The van der Waals surface area contributed by atoms with Crippen LogP contribution in [0.5, 0.6) is 0 Å². The number of piperidine rings is 1. The van der Waals surface area contributed by atoms with Crippen molar-refractivity contribution in [1.82, 2.24) is 15.1 Å². The zero-order valence-electron chi connectivity index (χ0n) is 16.3. The number of carbonyl (C=O) groups is 2. The number of benzene rings is 1. The fourth-order valence-electron chi connectivity index (χ4n) is 2.94. The van der Waals surface area contributed by atoms with E-state index in [1.807, 2.05) is 24.3 Å². The quantitative estimate of drug-likeness (QED) is 0.631. The lowest BCUT2D eigenvalue weighted by Gasteiger charge is -2.26. The first kappa shape index (κ1) is 22.6. The lowest BCUT2D eigenvalue weighted by molar-refractivity contribution is -0.159. The van der Waals surface area contributed by atoms with E-state index >= 15 is 0 Å². The van der Waals surface area contributed by atoms with Gasteiger partial charge in [0.2, 0.25) is 0 Å². The second-order valence-electron chi connectivity index (χ2n) is 6.71. The van der Waals surface area contributed by atoms with Crippen molar-refractivity contribution < 1.29 is 19.8 Å². The number of aryl methyl sites for hydroxylation is 1. The van der Waals surface area contributed by atoms with Crippen molar-refractivity contribution in [3.63, 3.8) is 0 Å². The van der Waals surface area contributed by atoms with Crippen molar-refractivity contribution in [2.75, 3.05) is 31.5 Å². The zero-order chi connectivity index (χ0) is 21.2. The Morgan fingerprint density at radius 3 is 2.24 bits per heavy atom. The van der Waals surface area contributed by atoms with Crippen LogP contribution in [0.3, 0.4) is 0 Å². The molecular formula is C20H25ClN4O4. The van der Waals surface area contributed by atoms with E-state index in [9.17, 15) is 0 Å². The number of aliphatic carboxylic acids is 2. The van der Waals surface area contributed by atoms with E-state index in [4.69, 9.17) is 31.4 Å². The molecule has 0 bridgehead atoms. The molecular weight excluding hydrogens is 396 g/mol. The van der Waals surface area contributed by atoms with E-state index < -0.39 is 11.9 Å². The Labute approximate surface area is 174 Å². The van der Waals surface area contributed by atoms with Crippen molar-refractivity contribution in [2.45, 2.75) is 26.2 Å². The number of halogens is 1. The normalized spacial score (nSPS) is 13.9. The zero-order valence-corrected chi connectivity index (χ0v) is 17.0. The van der Waals surface area contributed by atoms with Gasteiger partial charge in [-0.15, -0.1) is 10.2 Å². The van der Waals surface area contributed by atoms with E-state index in [-0.39, 0.29) is 0 Å². The van der Waals surface area contributed by atoms with Crippen molar-refractivity contribution >= 4 is 29.4 Å². The molecule has 1 aromatic carbocycles. The van der Waals surface area contributed by atoms with E-state index in [1.54, 1.807) is 0 Å². The third-order valence-corrected chi connectivity index (χ3v) is 4.73. The second kappa shape index (κ2) is 11.3. The summed E-state index contributed by atoms with van der Waals surface area (Å²) in [6, 6.07) is 9.75. The molecule has 1 aromatic heterocycles. The van der Waals surface area contributed by atoms with Crippen molar-refractivity contribution in [2.24, 2.45) is 0 Å². The second-order valence-corrected chi connectivity index (χ2v) is 7.14. The summed E-state index contributed by atoms with van der Waals surface area (Å²) < 4.78 is 0. The number of hydrogen-bond acceptors (Lipinski definition) is 6. The first-order chi connectivity index (χ1) is 13.9. The largest absolute Gasteiger partial charge is 0.473 e. The van der Waals surface area contributed by atoms with E-state index in [0.717, 1.165) is 40.8 Å². The van der Waals surface area contributed by atoms with Gasteiger partial charge in [0, 0.05) is 23.7 Å². The monoisotopic (exact) mass is 420 g/mol.